The predicted molar refractivity (Wildman–Crippen MR) is 113 cm³/mol. The molecule has 6 N–H and O–H groups in total. The first-order chi connectivity index (χ1) is 15.2. The molecule has 0 radical (unpaired) electrons. The molecule has 1 aromatic carbocycles. The van der Waals surface area contributed by atoms with Crippen molar-refractivity contribution in [3.8, 4) is 5.75 Å². The van der Waals surface area contributed by atoms with Gasteiger partial charge in [-0.05, 0) is 48.8 Å². The Labute approximate surface area is 183 Å². The van der Waals surface area contributed by atoms with Crippen LogP contribution in [0.3, 0.4) is 0 Å². The molecule has 1 fully saturated rings. The summed E-state index contributed by atoms with van der Waals surface area (Å²) in [7, 11) is 0. The van der Waals surface area contributed by atoms with Crippen LogP contribution in [0.1, 0.15) is 48.3 Å². The van der Waals surface area contributed by atoms with Crippen LogP contribution >= 0.6 is 0 Å². The largest absolute Gasteiger partial charge is 0.508 e. The standard InChI is InChI=1S/C24H23NO7/c25-23(31)19-16(27)9-12-7-11-8-14-13(10-3-1-2-4-10)5-6-15(26)18(14)20(28)17(11)21(29)24(12,32)22(19)30/h1,3,5-6,10-12,26,28,30,32H,2,4,7-9H2,(H2,25,31)/t10?,11-,12+,24+/m1/s1. The molecule has 8 heteroatoms. The van der Waals surface area contributed by atoms with Crippen LogP contribution in [0.4, 0.5) is 0 Å². The van der Waals surface area contributed by atoms with Crippen LogP contribution in [-0.4, -0.2) is 43.5 Å². The van der Waals surface area contributed by atoms with Gasteiger partial charge in [-0.25, -0.2) is 0 Å². The quantitative estimate of drug-likeness (QED) is 0.349. The Morgan fingerprint density at radius 2 is 1.88 bits per heavy atom. The smallest absolute Gasteiger partial charge is 0.255 e. The summed E-state index contributed by atoms with van der Waals surface area (Å²) in [6.45, 7) is 0. The molecule has 4 atom stereocenters. The van der Waals surface area contributed by atoms with Crippen LogP contribution < -0.4 is 5.73 Å². The number of carbonyl (C=O) groups is 3. The maximum absolute atomic E-state index is 13.5. The van der Waals surface area contributed by atoms with Crippen molar-refractivity contribution in [2.75, 3.05) is 0 Å². The van der Waals surface area contributed by atoms with E-state index >= 15 is 0 Å². The zero-order valence-electron chi connectivity index (χ0n) is 17.2. The minimum Gasteiger partial charge on any atom is -0.508 e. The number of rotatable bonds is 2. The highest BCUT2D eigenvalue weighted by atomic mass is 16.3. The molecule has 8 nitrogen and oxygen atoms in total. The number of hydrogen-bond donors (Lipinski definition) is 5. The number of Topliss-reactive ketones (excluding diaryl/α,β-unsaturated/α-hetero) is 2. The van der Waals surface area contributed by atoms with Crippen molar-refractivity contribution in [2.24, 2.45) is 17.6 Å². The molecular weight excluding hydrogens is 414 g/mol. The number of amides is 1. The Bertz CT molecular complexity index is 1190. The maximum Gasteiger partial charge on any atom is 0.255 e. The van der Waals surface area contributed by atoms with E-state index in [0.717, 1.165) is 24.0 Å². The molecule has 0 aromatic heterocycles. The molecule has 0 aliphatic heterocycles. The summed E-state index contributed by atoms with van der Waals surface area (Å²) in [5, 5.41) is 43.4. The number of aliphatic hydroxyl groups is 3. The number of allylic oxidation sites excluding steroid dienone is 2. The van der Waals surface area contributed by atoms with Crippen LogP contribution in [0.2, 0.25) is 0 Å². The van der Waals surface area contributed by atoms with Gasteiger partial charge in [0.25, 0.3) is 5.91 Å². The third kappa shape index (κ3) is 2.56. The van der Waals surface area contributed by atoms with E-state index < -0.39 is 52.0 Å². The summed E-state index contributed by atoms with van der Waals surface area (Å²) >= 11 is 0. The van der Waals surface area contributed by atoms with Crippen molar-refractivity contribution >= 4 is 23.2 Å². The Balaban J connectivity index is 1.69. The normalized spacial score (nSPS) is 31.5. The second kappa shape index (κ2) is 6.80. The summed E-state index contributed by atoms with van der Waals surface area (Å²) in [6.07, 6.45) is 6.16. The van der Waals surface area contributed by atoms with Gasteiger partial charge in [0.2, 0.25) is 5.78 Å². The summed E-state index contributed by atoms with van der Waals surface area (Å²) in [5.41, 5.74) is 3.61. The van der Waals surface area contributed by atoms with E-state index in [1.54, 1.807) is 0 Å². The molecule has 0 heterocycles. The molecular formula is C24H23NO7. The summed E-state index contributed by atoms with van der Waals surface area (Å²) in [5.74, 6) is -5.95. The lowest BCUT2D eigenvalue weighted by molar-refractivity contribution is -0.147. The monoisotopic (exact) mass is 437 g/mol. The van der Waals surface area contributed by atoms with Crippen LogP contribution in [0.5, 0.6) is 5.75 Å². The number of aliphatic hydroxyl groups excluding tert-OH is 2. The second-order valence-corrected chi connectivity index (χ2v) is 9.05. The van der Waals surface area contributed by atoms with Crippen LogP contribution in [-0.2, 0) is 20.8 Å². The van der Waals surface area contributed by atoms with Gasteiger partial charge in [0, 0.05) is 23.8 Å². The Morgan fingerprint density at radius 1 is 1.12 bits per heavy atom. The third-order valence-electron chi connectivity index (χ3n) is 7.40. The molecule has 4 aliphatic carbocycles. The average molecular weight is 437 g/mol. The van der Waals surface area contributed by atoms with Crippen molar-refractivity contribution in [3.05, 3.63) is 57.9 Å². The minimum atomic E-state index is -2.53. The van der Waals surface area contributed by atoms with Gasteiger partial charge < -0.3 is 26.2 Å². The van der Waals surface area contributed by atoms with Crippen LogP contribution in [0.25, 0.3) is 5.76 Å². The highest BCUT2D eigenvalue weighted by Gasteiger charge is 2.60. The number of ketones is 2. The lowest BCUT2D eigenvalue weighted by Crippen LogP contribution is -2.58. The zero-order valence-corrected chi connectivity index (χ0v) is 17.2. The van der Waals surface area contributed by atoms with E-state index in [-0.39, 0.29) is 35.6 Å². The van der Waals surface area contributed by atoms with Crippen molar-refractivity contribution in [2.45, 2.75) is 43.6 Å². The Morgan fingerprint density at radius 3 is 2.53 bits per heavy atom. The zero-order chi connectivity index (χ0) is 22.9. The first kappa shape index (κ1) is 20.5. The first-order valence-electron chi connectivity index (χ1n) is 10.6. The van der Waals surface area contributed by atoms with Crippen molar-refractivity contribution in [1.82, 2.24) is 0 Å². The van der Waals surface area contributed by atoms with E-state index in [1.165, 1.54) is 6.07 Å². The highest BCUT2D eigenvalue weighted by molar-refractivity contribution is 6.22. The number of hydrogen-bond acceptors (Lipinski definition) is 7. The van der Waals surface area contributed by atoms with Gasteiger partial charge >= 0.3 is 0 Å². The lowest BCUT2D eigenvalue weighted by atomic mass is 9.59. The van der Waals surface area contributed by atoms with Crippen molar-refractivity contribution in [3.63, 3.8) is 0 Å². The molecule has 4 aliphatic rings. The van der Waals surface area contributed by atoms with Gasteiger partial charge in [-0.1, -0.05) is 18.2 Å². The van der Waals surface area contributed by atoms with E-state index in [2.05, 4.69) is 12.2 Å². The summed E-state index contributed by atoms with van der Waals surface area (Å²) in [4.78, 5) is 37.5. The fourth-order valence-corrected chi connectivity index (χ4v) is 5.88. The Kier molecular flexibility index (Phi) is 4.36. The van der Waals surface area contributed by atoms with Crippen LogP contribution in [0, 0.1) is 11.8 Å². The number of primary amides is 1. The van der Waals surface area contributed by atoms with Gasteiger partial charge in [0.15, 0.2) is 11.4 Å². The molecule has 0 bridgehead atoms. The van der Waals surface area contributed by atoms with Gasteiger partial charge in [-0.15, -0.1) is 0 Å². The highest BCUT2D eigenvalue weighted by Crippen LogP contribution is 2.53. The third-order valence-corrected chi connectivity index (χ3v) is 7.40. The van der Waals surface area contributed by atoms with Gasteiger partial charge in [-0.3, -0.25) is 14.4 Å². The molecule has 5 rings (SSSR count). The lowest BCUT2D eigenvalue weighted by Gasteiger charge is -2.46. The van der Waals surface area contributed by atoms with Crippen molar-refractivity contribution < 1.29 is 34.8 Å². The van der Waals surface area contributed by atoms with E-state index in [1.807, 2.05) is 6.07 Å². The van der Waals surface area contributed by atoms with E-state index in [0.29, 0.717) is 6.42 Å². The minimum absolute atomic E-state index is 0.115. The number of benzene rings is 1. The molecule has 1 saturated carbocycles. The first-order valence-corrected chi connectivity index (χ1v) is 10.6. The summed E-state index contributed by atoms with van der Waals surface area (Å²) in [6, 6.07) is 3.30. The Hall–Kier alpha value is -3.39. The van der Waals surface area contributed by atoms with Crippen LogP contribution in [0.15, 0.2) is 41.2 Å². The second-order valence-electron chi connectivity index (χ2n) is 9.05. The molecule has 166 valence electrons. The fourth-order valence-electron chi connectivity index (χ4n) is 5.88. The topological polar surface area (TPSA) is 158 Å². The molecule has 0 saturated heterocycles. The number of phenols is 1. The SMILES string of the molecule is NC(=O)C1=C(O)[C@@]2(O)C(=O)C3=C(O)c4c(O)ccc(C5C=CCC5)c4C[C@H]3C[C@H]2CC1=O. The molecule has 1 aromatic rings. The number of aromatic hydroxyl groups is 1. The molecule has 32 heavy (non-hydrogen) atoms. The van der Waals surface area contributed by atoms with Gasteiger partial charge in [0.05, 0.1) is 5.56 Å². The van der Waals surface area contributed by atoms with Gasteiger partial charge in [-0.2, -0.15) is 0 Å². The van der Waals surface area contributed by atoms with E-state index in [4.69, 9.17) is 5.73 Å². The van der Waals surface area contributed by atoms with Crippen molar-refractivity contribution in [1.29, 1.82) is 0 Å². The summed E-state index contributed by atoms with van der Waals surface area (Å²) < 4.78 is 0. The molecule has 1 amide bonds. The number of fused-ring (bicyclic) bond motifs is 3. The fraction of sp³-hybridized carbons (Fsp3) is 0.375. The molecule has 1 unspecified atom stereocenters. The number of carbonyl (C=O) groups excluding carboxylic acids is 3. The number of nitrogens with two attached hydrogens (primary N) is 1. The van der Waals surface area contributed by atoms with E-state index in [9.17, 15) is 34.8 Å². The van der Waals surface area contributed by atoms with Gasteiger partial charge in [0.1, 0.15) is 22.8 Å². The molecule has 0 spiro atoms. The average Bonchev–Trinajstić information content (AvgIpc) is 3.25. The number of phenolic OH excluding ortho intramolecular Hbond substituents is 1. The maximum atomic E-state index is 13.5. The predicted octanol–water partition coefficient (Wildman–Crippen LogP) is 1.86.